The van der Waals surface area contributed by atoms with Crippen LogP contribution in [0.1, 0.15) is 49.6 Å². The van der Waals surface area contributed by atoms with E-state index in [9.17, 15) is 4.79 Å². The van der Waals surface area contributed by atoms with Crippen LogP contribution < -0.4 is 11.1 Å². The van der Waals surface area contributed by atoms with Crippen molar-refractivity contribution < 1.29 is 4.79 Å². The van der Waals surface area contributed by atoms with Gasteiger partial charge in [-0.3, -0.25) is 9.78 Å². The SMILES string of the molecule is CC(C)c1ccc(C(C)NC(=O)Cc2ccc(N)cn2)cc1.Cl. The van der Waals surface area contributed by atoms with Crippen LogP contribution in [0.2, 0.25) is 0 Å². The van der Waals surface area contributed by atoms with Crippen molar-refractivity contribution in [1.29, 1.82) is 0 Å². The Labute approximate surface area is 143 Å². The summed E-state index contributed by atoms with van der Waals surface area (Å²) < 4.78 is 0. The minimum atomic E-state index is -0.0438. The number of nitrogens with one attached hydrogen (secondary N) is 1. The fourth-order valence-corrected chi connectivity index (χ4v) is 2.25. The smallest absolute Gasteiger partial charge is 0.226 e. The third kappa shape index (κ3) is 5.57. The van der Waals surface area contributed by atoms with Crippen molar-refractivity contribution in [3.63, 3.8) is 0 Å². The number of rotatable bonds is 5. The summed E-state index contributed by atoms with van der Waals surface area (Å²) in [6.07, 6.45) is 1.82. The molecule has 1 aromatic heterocycles. The molecule has 0 saturated carbocycles. The van der Waals surface area contributed by atoms with E-state index in [2.05, 4.69) is 48.4 Å². The summed E-state index contributed by atoms with van der Waals surface area (Å²) in [6, 6.07) is 11.9. The maximum absolute atomic E-state index is 12.1. The van der Waals surface area contributed by atoms with Crippen LogP contribution in [-0.4, -0.2) is 10.9 Å². The number of nitrogens with zero attached hydrogens (tertiary/aromatic N) is 1. The second-order valence-electron chi connectivity index (χ2n) is 5.87. The lowest BCUT2D eigenvalue weighted by Gasteiger charge is -2.15. The number of amides is 1. The number of hydrogen-bond donors (Lipinski definition) is 2. The highest BCUT2D eigenvalue weighted by Gasteiger charge is 2.11. The lowest BCUT2D eigenvalue weighted by Crippen LogP contribution is -2.28. The third-order valence-electron chi connectivity index (χ3n) is 3.67. The van der Waals surface area contributed by atoms with E-state index >= 15 is 0 Å². The number of anilines is 1. The summed E-state index contributed by atoms with van der Waals surface area (Å²) >= 11 is 0. The predicted octanol–water partition coefficient (Wildman–Crippen LogP) is 3.63. The Balaban J connectivity index is 0.00000264. The summed E-state index contributed by atoms with van der Waals surface area (Å²) in [5.41, 5.74) is 9.30. The summed E-state index contributed by atoms with van der Waals surface area (Å²) in [5, 5.41) is 3.00. The highest BCUT2D eigenvalue weighted by atomic mass is 35.5. The minimum Gasteiger partial charge on any atom is -0.397 e. The fraction of sp³-hybridized carbons (Fsp3) is 0.333. The molecule has 3 N–H and O–H groups in total. The number of carbonyl (C=O) groups excluding carboxylic acids is 1. The van der Waals surface area contributed by atoms with E-state index in [1.807, 2.05) is 6.92 Å². The van der Waals surface area contributed by atoms with Crippen molar-refractivity contribution in [1.82, 2.24) is 10.3 Å². The lowest BCUT2D eigenvalue weighted by molar-refractivity contribution is -0.121. The molecule has 0 fully saturated rings. The van der Waals surface area contributed by atoms with Crippen molar-refractivity contribution in [3.05, 3.63) is 59.4 Å². The third-order valence-corrected chi connectivity index (χ3v) is 3.67. The number of pyridine rings is 1. The van der Waals surface area contributed by atoms with E-state index in [-0.39, 0.29) is 30.8 Å². The van der Waals surface area contributed by atoms with Crippen molar-refractivity contribution in [2.75, 3.05) is 5.73 Å². The molecule has 1 atom stereocenters. The number of halogens is 1. The molecule has 5 heteroatoms. The maximum atomic E-state index is 12.1. The van der Waals surface area contributed by atoms with Gasteiger partial charge < -0.3 is 11.1 Å². The van der Waals surface area contributed by atoms with Crippen LogP contribution in [0.3, 0.4) is 0 Å². The molecule has 1 heterocycles. The Bertz CT molecular complexity index is 624. The van der Waals surface area contributed by atoms with E-state index in [0.717, 1.165) is 5.56 Å². The van der Waals surface area contributed by atoms with Crippen LogP contribution in [0, 0.1) is 0 Å². The van der Waals surface area contributed by atoms with Gasteiger partial charge in [-0.05, 0) is 36.1 Å². The molecule has 0 aliphatic carbocycles. The Morgan fingerprint density at radius 1 is 1.09 bits per heavy atom. The van der Waals surface area contributed by atoms with Gasteiger partial charge in [0.05, 0.1) is 24.3 Å². The van der Waals surface area contributed by atoms with E-state index in [1.165, 1.54) is 5.56 Å². The molecule has 23 heavy (non-hydrogen) atoms. The molecule has 124 valence electrons. The normalized spacial score (nSPS) is 11.7. The van der Waals surface area contributed by atoms with E-state index in [1.54, 1.807) is 18.3 Å². The zero-order valence-electron chi connectivity index (χ0n) is 13.7. The van der Waals surface area contributed by atoms with Crippen LogP contribution in [0.25, 0.3) is 0 Å². The lowest BCUT2D eigenvalue weighted by atomic mass is 9.99. The largest absolute Gasteiger partial charge is 0.397 e. The molecule has 2 aromatic rings. The van der Waals surface area contributed by atoms with E-state index < -0.39 is 0 Å². The monoisotopic (exact) mass is 333 g/mol. The standard InChI is InChI=1S/C18H23N3O.ClH/c1-12(2)14-4-6-15(7-5-14)13(3)21-18(22)10-17-9-8-16(19)11-20-17;/h4-9,11-13H,10,19H2,1-3H3,(H,21,22);1H. The molecule has 1 amide bonds. The highest BCUT2D eigenvalue weighted by molar-refractivity contribution is 5.85. The summed E-state index contributed by atoms with van der Waals surface area (Å²) in [7, 11) is 0. The Morgan fingerprint density at radius 2 is 1.70 bits per heavy atom. The topological polar surface area (TPSA) is 68.0 Å². The van der Waals surface area contributed by atoms with Crippen LogP contribution >= 0.6 is 12.4 Å². The van der Waals surface area contributed by atoms with Gasteiger partial charge in [-0.2, -0.15) is 0 Å². The van der Waals surface area contributed by atoms with Gasteiger partial charge in [0.15, 0.2) is 0 Å². The van der Waals surface area contributed by atoms with E-state index in [0.29, 0.717) is 17.3 Å². The summed E-state index contributed by atoms with van der Waals surface area (Å²) in [4.78, 5) is 16.2. The van der Waals surface area contributed by atoms with Gasteiger partial charge in [0.25, 0.3) is 0 Å². The number of nitrogen functional groups attached to an aromatic ring is 1. The molecule has 2 rings (SSSR count). The molecule has 4 nitrogen and oxygen atoms in total. The van der Waals surface area contributed by atoms with Gasteiger partial charge in [0, 0.05) is 5.69 Å². The summed E-state index contributed by atoms with van der Waals surface area (Å²) in [6.45, 7) is 6.32. The van der Waals surface area contributed by atoms with Gasteiger partial charge >= 0.3 is 0 Å². The van der Waals surface area contributed by atoms with E-state index in [4.69, 9.17) is 5.73 Å². The van der Waals surface area contributed by atoms with Crippen molar-refractivity contribution in [2.24, 2.45) is 0 Å². The van der Waals surface area contributed by atoms with Crippen molar-refractivity contribution >= 4 is 24.0 Å². The molecule has 1 unspecified atom stereocenters. The summed E-state index contributed by atoms with van der Waals surface area (Å²) in [5.74, 6) is 0.466. The first-order valence-electron chi connectivity index (χ1n) is 7.55. The van der Waals surface area contributed by atoms with Crippen molar-refractivity contribution in [3.8, 4) is 0 Å². The predicted molar refractivity (Wildman–Crippen MR) is 96.7 cm³/mol. The zero-order chi connectivity index (χ0) is 16.1. The maximum Gasteiger partial charge on any atom is 0.226 e. The average Bonchev–Trinajstić information content (AvgIpc) is 2.49. The quantitative estimate of drug-likeness (QED) is 0.878. The Morgan fingerprint density at radius 3 is 2.22 bits per heavy atom. The average molecular weight is 334 g/mol. The molecular formula is C18H24ClN3O. The van der Waals surface area contributed by atoms with Gasteiger partial charge in [-0.15, -0.1) is 12.4 Å². The number of benzene rings is 1. The Kier molecular flexibility index (Phi) is 7.04. The molecule has 1 aromatic carbocycles. The minimum absolute atomic E-state index is 0. The van der Waals surface area contributed by atoms with Crippen LogP contribution in [-0.2, 0) is 11.2 Å². The van der Waals surface area contributed by atoms with Gasteiger partial charge in [0.1, 0.15) is 0 Å². The molecule has 0 saturated heterocycles. The highest BCUT2D eigenvalue weighted by Crippen LogP contribution is 2.18. The van der Waals surface area contributed by atoms with Crippen LogP contribution in [0.4, 0.5) is 5.69 Å². The first kappa shape index (κ1) is 19.0. The number of nitrogens with two attached hydrogens (primary N) is 1. The number of carbonyl (C=O) groups is 1. The molecule has 0 spiro atoms. The number of hydrogen-bond acceptors (Lipinski definition) is 3. The van der Waals surface area contributed by atoms with Gasteiger partial charge in [-0.1, -0.05) is 38.1 Å². The van der Waals surface area contributed by atoms with Crippen LogP contribution in [0.15, 0.2) is 42.6 Å². The fourth-order valence-electron chi connectivity index (χ4n) is 2.25. The first-order valence-corrected chi connectivity index (χ1v) is 7.55. The first-order chi connectivity index (χ1) is 10.5. The molecule has 0 bridgehead atoms. The molecular weight excluding hydrogens is 310 g/mol. The second kappa shape index (κ2) is 8.53. The van der Waals surface area contributed by atoms with Gasteiger partial charge in [0.2, 0.25) is 5.91 Å². The van der Waals surface area contributed by atoms with Crippen molar-refractivity contribution in [2.45, 2.75) is 39.2 Å². The van der Waals surface area contributed by atoms with Crippen LogP contribution in [0.5, 0.6) is 0 Å². The molecule has 0 radical (unpaired) electrons. The zero-order valence-corrected chi connectivity index (χ0v) is 14.6. The molecule has 0 aliphatic rings. The number of aromatic nitrogens is 1. The molecule has 0 aliphatic heterocycles. The van der Waals surface area contributed by atoms with Gasteiger partial charge in [-0.25, -0.2) is 0 Å². The second-order valence-corrected chi connectivity index (χ2v) is 5.87. The Hall–Kier alpha value is -2.07.